The predicted octanol–water partition coefficient (Wildman–Crippen LogP) is 2.79. The Hall–Kier alpha value is -2.69. The summed E-state index contributed by atoms with van der Waals surface area (Å²) in [6.07, 6.45) is 5.82. The van der Waals surface area contributed by atoms with Gasteiger partial charge < -0.3 is 9.80 Å². The standard InChI is InChI=1S/C21H23N3O2/c25-20-12-18(15-23(20)14-16-6-4-10-22-13-16)21(26)24-11-5-9-19(24)17-7-2-1-3-8-17/h1-4,6-8,10,13,18-19H,5,9,11-12,14-15H2/t18-,19-/m1/s1. The van der Waals surface area contributed by atoms with Crippen molar-refractivity contribution in [3.8, 4) is 0 Å². The molecule has 1 aromatic carbocycles. The Morgan fingerprint density at radius 3 is 2.77 bits per heavy atom. The average molecular weight is 349 g/mol. The molecule has 2 amide bonds. The molecule has 2 aliphatic heterocycles. The monoisotopic (exact) mass is 349 g/mol. The molecule has 0 N–H and O–H groups in total. The molecule has 134 valence electrons. The van der Waals surface area contributed by atoms with Crippen LogP contribution in [0.4, 0.5) is 0 Å². The number of carbonyl (C=O) groups excluding carboxylic acids is 2. The van der Waals surface area contributed by atoms with E-state index in [9.17, 15) is 9.59 Å². The Kier molecular flexibility index (Phi) is 4.69. The lowest BCUT2D eigenvalue weighted by Gasteiger charge is -2.27. The molecule has 3 heterocycles. The van der Waals surface area contributed by atoms with Gasteiger partial charge in [-0.1, -0.05) is 36.4 Å². The molecule has 0 bridgehead atoms. The molecule has 5 nitrogen and oxygen atoms in total. The molecule has 2 fully saturated rings. The van der Waals surface area contributed by atoms with Crippen molar-refractivity contribution in [2.45, 2.75) is 31.8 Å². The Labute approximate surface area is 153 Å². The summed E-state index contributed by atoms with van der Waals surface area (Å²) < 4.78 is 0. The van der Waals surface area contributed by atoms with Crippen LogP contribution < -0.4 is 0 Å². The van der Waals surface area contributed by atoms with Crippen LogP contribution in [0.25, 0.3) is 0 Å². The number of amides is 2. The van der Waals surface area contributed by atoms with Crippen molar-refractivity contribution in [3.05, 3.63) is 66.0 Å². The number of carbonyl (C=O) groups is 2. The summed E-state index contributed by atoms with van der Waals surface area (Å²) in [6, 6.07) is 14.2. The molecular weight excluding hydrogens is 326 g/mol. The Morgan fingerprint density at radius 2 is 2.00 bits per heavy atom. The van der Waals surface area contributed by atoms with Crippen LogP contribution in [0.3, 0.4) is 0 Å². The van der Waals surface area contributed by atoms with Gasteiger partial charge in [0.05, 0.1) is 12.0 Å². The SMILES string of the molecule is O=C1C[C@@H](C(=O)N2CCC[C@@H]2c2ccccc2)CN1Cc1cccnc1. The fourth-order valence-electron chi connectivity index (χ4n) is 4.09. The van der Waals surface area contributed by atoms with Gasteiger partial charge in [-0.3, -0.25) is 14.6 Å². The number of hydrogen-bond donors (Lipinski definition) is 0. The summed E-state index contributed by atoms with van der Waals surface area (Å²) in [4.78, 5) is 33.4. The van der Waals surface area contributed by atoms with Gasteiger partial charge in [-0.05, 0) is 30.0 Å². The van der Waals surface area contributed by atoms with E-state index in [1.54, 1.807) is 17.3 Å². The van der Waals surface area contributed by atoms with E-state index < -0.39 is 0 Å². The molecule has 5 heteroatoms. The zero-order chi connectivity index (χ0) is 17.9. The van der Waals surface area contributed by atoms with Crippen molar-refractivity contribution < 1.29 is 9.59 Å². The molecule has 0 radical (unpaired) electrons. The third-order valence-electron chi connectivity index (χ3n) is 5.38. The number of pyridine rings is 1. The lowest BCUT2D eigenvalue weighted by Crippen LogP contribution is -2.37. The van der Waals surface area contributed by atoms with Crippen LogP contribution in [0.1, 0.15) is 36.4 Å². The van der Waals surface area contributed by atoms with Crippen LogP contribution in [0.2, 0.25) is 0 Å². The fourth-order valence-corrected chi connectivity index (χ4v) is 4.09. The van der Waals surface area contributed by atoms with E-state index in [-0.39, 0.29) is 23.8 Å². The smallest absolute Gasteiger partial charge is 0.228 e. The first-order chi connectivity index (χ1) is 12.7. The molecule has 0 aliphatic carbocycles. The highest BCUT2D eigenvalue weighted by Crippen LogP contribution is 2.34. The summed E-state index contributed by atoms with van der Waals surface area (Å²) in [5, 5.41) is 0. The number of hydrogen-bond acceptors (Lipinski definition) is 3. The second-order valence-electron chi connectivity index (χ2n) is 7.14. The minimum atomic E-state index is -0.233. The molecule has 4 rings (SSSR count). The molecule has 26 heavy (non-hydrogen) atoms. The van der Waals surface area contributed by atoms with Crippen LogP contribution >= 0.6 is 0 Å². The number of nitrogens with zero attached hydrogens (tertiary/aromatic N) is 3. The van der Waals surface area contributed by atoms with E-state index in [1.165, 1.54) is 5.56 Å². The second kappa shape index (κ2) is 7.28. The molecule has 2 aliphatic rings. The topological polar surface area (TPSA) is 53.5 Å². The van der Waals surface area contributed by atoms with Crippen molar-refractivity contribution in [3.63, 3.8) is 0 Å². The zero-order valence-electron chi connectivity index (χ0n) is 14.8. The van der Waals surface area contributed by atoms with E-state index in [0.29, 0.717) is 19.5 Å². The maximum Gasteiger partial charge on any atom is 0.228 e. The number of rotatable bonds is 4. The summed E-state index contributed by atoms with van der Waals surface area (Å²) in [6.45, 7) is 1.81. The van der Waals surface area contributed by atoms with Gasteiger partial charge in [-0.2, -0.15) is 0 Å². The van der Waals surface area contributed by atoms with Crippen molar-refractivity contribution in [2.75, 3.05) is 13.1 Å². The Morgan fingerprint density at radius 1 is 1.15 bits per heavy atom. The maximum absolute atomic E-state index is 13.1. The van der Waals surface area contributed by atoms with Gasteiger partial charge in [-0.15, -0.1) is 0 Å². The molecular formula is C21H23N3O2. The predicted molar refractivity (Wildman–Crippen MR) is 97.9 cm³/mol. The van der Waals surface area contributed by atoms with Crippen molar-refractivity contribution in [2.24, 2.45) is 5.92 Å². The Bertz CT molecular complexity index is 778. The third-order valence-corrected chi connectivity index (χ3v) is 5.38. The molecule has 2 atom stereocenters. The van der Waals surface area contributed by atoms with Crippen LogP contribution in [-0.2, 0) is 16.1 Å². The van der Waals surface area contributed by atoms with Crippen LogP contribution in [0.15, 0.2) is 54.9 Å². The third kappa shape index (κ3) is 3.34. The maximum atomic E-state index is 13.1. The Balaban J connectivity index is 1.44. The summed E-state index contributed by atoms with van der Waals surface area (Å²) in [7, 11) is 0. The summed E-state index contributed by atoms with van der Waals surface area (Å²) in [5.74, 6) is -0.0514. The van der Waals surface area contributed by atoms with E-state index >= 15 is 0 Å². The molecule has 2 saturated heterocycles. The van der Waals surface area contributed by atoms with Crippen molar-refractivity contribution in [1.82, 2.24) is 14.8 Å². The fraction of sp³-hybridized carbons (Fsp3) is 0.381. The highest BCUT2D eigenvalue weighted by molar-refractivity contribution is 5.89. The van der Waals surface area contributed by atoms with E-state index in [1.807, 2.05) is 35.2 Å². The quantitative estimate of drug-likeness (QED) is 0.853. The summed E-state index contributed by atoms with van der Waals surface area (Å²) >= 11 is 0. The highest BCUT2D eigenvalue weighted by Gasteiger charge is 2.40. The molecule has 2 aromatic rings. The van der Waals surface area contributed by atoms with Crippen molar-refractivity contribution >= 4 is 11.8 Å². The molecule has 0 unspecified atom stereocenters. The highest BCUT2D eigenvalue weighted by atomic mass is 16.2. The second-order valence-corrected chi connectivity index (χ2v) is 7.14. The molecule has 1 aromatic heterocycles. The van der Waals surface area contributed by atoms with Crippen LogP contribution in [0, 0.1) is 5.92 Å². The van der Waals surface area contributed by atoms with Gasteiger partial charge >= 0.3 is 0 Å². The summed E-state index contributed by atoms with van der Waals surface area (Å²) in [5.41, 5.74) is 2.19. The minimum Gasteiger partial charge on any atom is -0.337 e. The lowest BCUT2D eigenvalue weighted by molar-refractivity contribution is -0.136. The van der Waals surface area contributed by atoms with Crippen LogP contribution in [-0.4, -0.2) is 39.7 Å². The normalized spacial score (nSPS) is 22.8. The van der Waals surface area contributed by atoms with Gasteiger partial charge in [0.15, 0.2) is 0 Å². The van der Waals surface area contributed by atoms with Crippen LogP contribution in [0.5, 0.6) is 0 Å². The van der Waals surface area contributed by atoms with E-state index in [4.69, 9.17) is 0 Å². The number of benzene rings is 1. The van der Waals surface area contributed by atoms with Gasteiger partial charge in [-0.25, -0.2) is 0 Å². The van der Waals surface area contributed by atoms with Gasteiger partial charge in [0.2, 0.25) is 11.8 Å². The zero-order valence-corrected chi connectivity index (χ0v) is 14.8. The number of aromatic nitrogens is 1. The first-order valence-electron chi connectivity index (χ1n) is 9.24. The van der Waals surface area contributed by atoms with E-state index in [2.05, 4.69) is 17.1 Å². The van der Waals surface area contributed by atoms with Crippen molar-refractivity contribution in [1.29, 1.82) is 0 Å². The molecule has 0 spiro atoms. The average Bonchev–Trinajstić information content (AvgIpc) is 3.30. The van der Waals surface area contributed by atoms with Gasteiger partial charge in [0.25, 0.3) is 0 Å². The lowest BCUT2D eigenvalue weighted by atomic mass is 10.0. The minimum absolute atomic E-state index is 0.0580. The first-order valence-corrected chi connectivity index (χ1v) is 9.24. The first kappa shape index (κ1) is 16.8. The van der Waals surface area contributed by atoms with E-state index in [0.717, 1.165) is 24.9 Å². The molecule has 0 saturated carbocycles. The van der Waals surface area contributed by atoms with Gasteiger partial charge in [0, 0.05) is 38.4 Å². The van der Waals surface area contributed by atoms with Gasteiger partial charge in [0.1, 0.15) is 0 Å². The largest absolute Gasteiger partial charge is 0.337 e. The number of likely N-dealkylation sites (tertiary alicyclic amines) is 2.